The summed E-state index contributed by atoms with van der Waals surface area (Å²) >= 11 is 3.49. The van der Waals surface area contributed by atoms with Crippen LogP contribution in [0.3, 0.4) is 0 Å². The van der Waals surface area contributed by atoms with E-state index in [0.717, 1.165) is 23.3 Å². The van der Waals surface area contributed by atoms with Gasteiger partial charge in [0.15, 0.2) is 0 Å². The van der Waals surface area contributed by atoms with Crippen molar-refractivity contribution in [1.82, 2.24) is 14.9 Å². The summed E-state index contributed by atoms with van der Waals surface area (Å²) in [6.07, 6.45) is 2.87. The zero-order valence-corrected chi connectivity index (χ0v) is 14.0. The monoisotopic (exact) mass is 329 g/mol. The Balaban J connectivity index is 2.82. The molecular weight excluding hydrogens is 306 g/mol. The normalized spacial score (nSPS) is 12.8. The van der Waals surface area contributed by atoms with Crippen LogP contribution in [0.25, 0.3) is 0 Å². The maximum absolute atomic E-state index is 4.45. The first kappa shape index (κ1) is 16.2. The van der Waals surface area contributed by atoms with E-state index in [9.17, 15) is 0 Å². The second-order valence-corrected chi connectivity index (χ2v) is 6.23. The molecule has 1 aromatic rings. The lowest BCUT2D eigenvalue weighted by atomic mass is 10.0. The van der Waals surface area contributed by atoms with E-state index < -0.39 is 0 Å². The molecule has 0 radical (unpaired) electrons. The largest absolute Gasteiger partial charge is 0.365 e. The molecule has 0 aliphatic rings. The van der Waals surface area contributed by atoms with Gasteiger partial charge in [0.05, 0.1) is 4.47 Å². The van der Waals surface area contributed by atoms with Gasteiger partial charge in [0.1, 0.15) is 5.82 Å². The van der Waals surface area contributed by atoms with Gasteiger partial charge in [-0.2, -0.15) is 4.98 Å². The van der Waals surface area contributed by atoms with Crippen LogP contribution >= 0.6 is 15.9 Å². The molecule has 6 heteroatoms. The summed E-state index contributed by atoms with van der Waals surface area (Å²) < 4.78 is 0.888. The highest BCUT2D eigenvalue weighted by Gasteiger charge is 2.14. The Hall–Kier alpha value is -0.880. The molecule has 0 saturated heterocycles. The number of anilines is 2. The first-order chi connectivity index (χ1) is 8.92. The molecule has 2 N–H and O–H groups in total. The minimum Gasteiger partial charge on any atom is -0.365 e. The molecule has 0 saturated carbocycles. The molecule has 1 heterocycles. The number of aromatic nitrogens is 2. The number of halogens is 1. The molecule has 0 bridgehead atoms. The van der Waals surface area contributed by atoms with Gasteiger partial charge in [0, 0.05) is 25.8 Å². The van der Waals surface area contributed by atoms with Gasteiger partial charge in [-0.1, -0.05) is 13.8 Å². The number of likely N-dealkylation sites (N-methyl/N-ethyl adjacent to an activating group) is 1. The third kappa shape index (κ3) is 5.74. The van der Waals surface area contributed by atoms with Crippen LogP contribution < -0.4 is 10.6 Å². The Bertz CT molecular complexity index is 385. The minimum atomic E-state index is 0.367. The summed E-state index contributed by atoms with van der Waals surface area (Å²) in [5.74, 6) is 2.10. The van der Waals surface area contributed by atoms with Crippen LogP contribution in [0.5, 0.6) is 0 Å². The molecule has 0 aliphatic carbocycles. The average Bonchev–Trinajstić information content (AvgIpc) is 2.30. The van der Waals surface area contributed by atoms with Crippen molar-refractivity contribution in [2.75, 3.05) is 38.3 Å². The second-order valence-electron chi connectivity index (χ2n) is 5.37. The van der Waals surface area contributed by atoms with Crippen LogP contribution in [0.15, 0.2) is 10.7 Å². The predicted molar refractivity (Wildman–Crippen MR) is 84.7 cm³/mol. The molecule has 1 rings (SSSR count). The molecule has 1 atom stereocenters. The van der Waals surface area contributed by atoms with Gasteiger partial charge in [0.25, 0.3) is 0 Å². The quantitative estimate of drug-likeness (QED) is 0.805. The zero-order valence-electron chi connectivity index (χ0n) is 12.4. The van der Waals surface area contributed by atoms with Gasteiger partial charge in [-0.3, -0.25) is 0 Å². The molecule has 0 spiro atoms. The van der Waals surface area contributed by atoms with Crippen molar-refractivity contribution >= 4 is 27.7 Å². The topological polar surface area (TPSA) is 53.1 Å². The van der Waals surface area contributed by atoms with E-state index in [1.807, 2.05) is 7.05 Å². The lowest BCUT2D eigenvalue weighted by Crippen LogP contribution is -2.34. The second kappa shape index (κ2) is 7.65. The first-order valence-electron chi connectivity index (χ1n) is 6.54. The predicted octanol–water partition coefficient (Wildman–Crippen LogP) is 2.67. The smallest absolute Gasteiger partial charge is 0.224 e. The molecule has 1 aromatic heterocycles. The molecule has 19 heavy (non-hydrogen) atoms. The summed E-state index contributed by atoms with van der Waals surface area (Å²) in [6.45, 7) is 5.44. The van der Waals surface area contributed by atoms with Crippen LogP contribution in [-0.4, -0.2) is 48.6 Å². The van der Waals surface area contributed by atoms with Crippen molar-refractivity contribution < 1.29 is 0 Å². The summed E-state index contributed by atoms with van der Waals surface area (Å²) in [5.41, 5.74) is 0. The summed E-state index contributed by atoms with van der Waals surface area (Å²) in [6, 6.07) is 0.367. The Morgan fingerprint density at radius 2 is 2.05 bits per heavy atom. The van der Waals surface area contributed by atoms with E-state index in [1.54, 1.807) is 6.20 Å². The van der Waals surface area contributed by atoms with Crippen molar-refractivity contribution in [2.24, 2.45) is 5.92 Å². The lowest BCUT2D eigenvalue weighted by molar-refractivity contribution is 0.356. The Morgan fingerprint density at radius 3 is 2.58 bits per heavy atom. The van der Waals surface area contributed by atoms with E-state index >= 15 is 0 Å². The van der Waals surface area contributed by atoms with E-state index in [2.05, 4.69) is 69.4 Å². The minimum absolute atomic E-state index is 0.367. The van der Waals surface area contributed by atoms with Gasteiger partial charge in [-0.05, 0) is 42.4 Å². The number of nitrogens with one attached hydrogen (secondary N) is 2. The van der Waals surface area contributed by atoms with Crippen molar-refractivity contribution in [2.45, 2.75) is 26.3 Å². The summed E-state index contributed by atoms with van der Waals surface area (Å²) in [5, 5.41) is 6.46. The van der Waals surface area contributed by atoms with Gasteiger partial charge in [-0.25, -0.2) is 4.98 Å². The average molecular weight is 330 g/mol. The highest BCUT2D eigenvalue weighted by molar-refractivity contribution is 9.10. The number of nitrogens with zero attached hydrogens (tertiary/aromatic N) is 3. The summed E-state index contributed by atoms with van der Waals surface area (Å²) in [4.78, 5) is 10.8. The molecular formula is C13H24BrN5. The molecule has 0 fully saturated rings. The molecule has 1 unspecified atom stereocenters. The first-order valence-corrected chi connectivity index (χ1v) is 7.33. The van der Waals surface area contributed by atoms with Crippen LogP contribution in [0.1, 0.15) is 20.3 Å². The van der Waals surface area contributed by atoms with Gasteiger partial charge >= 0.3 is 0 Å². The maximum Gasteiger partial charge on any atom is 0.224 e. The highest BCUT2D eigenvalue weighted by atomic mass is 79.9. The van der Waals surface area contributed by atoms with Crippen LogP contribution in [0.4, 0.5) is 11.8 Å². The van der Waals surface area contributed by atoms with Crippen LogP contribution in [0.2, 0.25) is 0 Å². The lowest BCUT2D eigenvalue weighted by Gasteiger charge is -2.25. The van der Waals surface area contributed by atoms with Crippen LogP contribution in [0, 0.1) is 5.92 Å². The van der Waals surface area contributed by atoms with E-state index in [-0.39, 0.29) is 0 Å². The van der Waals surface area contributed by atoms with Crippen molar-refractivity contribution in [3.8, 4) is 0 Å². The number of hydrogen-bond acceptors (Lipinski definition) is 5. The Labute approximate surface area is 124 Å². The van der Waals surface area contributed by atoms with Crippen molar-refractivity contribution in [1.29, 1.82) is 0 Å². The maximum atomic E-state index is 4.45. The third-order valence-electron chi connectivity index (χ3n) is 2.65. The molecule has 108 valence electrons. The zero-order chi connectivity index (χ0) is 14.4. The van der Waals surface area contributed by atoms with Gasteiger partial charge in [-0.15, -0.1) is 0 Å². The fourth-order valence-electron chi connectivity index (χ4n) is 1.97. The number of hydrogen-bond donors (Lipinski definition) is 2. The fraction of sp³-hybridized carbons (Fsp3) is 0.692. The van der Waals surface area contributed by atoms with E-state index in [4.69, 9.17) is 0 Å². The van der Waals surface area contributed by atoms with Gasteiger partial charge < -0.3 is 15.5 Å². The molecule has 5 nitrogen and oxygen atoms in total. The van der Waals surface area contributed by atoms with Crippen molar-refractivity contribution in [3.05, 3.63) is 10.7 Å². The number of rotatable bonds is 7. The molecule has 0 amide bonds. The standard InChI is InChI=1S/C13H24BrN5/c1-9(2)6-10(8-19(4)5)17-12-11(14)7-16-13(15-3)18-12/h7,9-10H,6,8H2,1-5H3,(H2,15,16,17,18). The Morgan fingerprint density at radius 1 is 1.37 bits per heavy atom. The SMILES string of the molecule is CNc1ncc(Br)c(NC(CC(C)C)CN(C)C)n1. The Kier molecular flexibility index (Phi) is 6.51. The third-order valence-corrected chi connectivity index (χ3v) is 3.23. The summed E-state index contributed by atoms with van der Waals surface area (Å²) in [7, 11) is 5.99. The van der Waals surface area contributed by atoms with E-state index in [0.29, 0.717) is 17.9 Å². The molecule has 0 aromatic carbocycles. The van der Waals surface area contributed by atoms with Gasteiger partial charge in [0.2, 0.25) is 5.95 Å². The fourth-order valence-corrected chi connectivity index (χ4v) is 2.28. The highest BCUT2D eigenvalue weighted by Crippen LogP contribution is 2.22. The van der Waals surface area contributed by atoms with E-state index in [1.165, 1.54) is 0 Å². The molecule has 0 aliphatic heterocycles. The van der Waals surface area contributed by atoms with Crippen LogP contribution in [-0.2, 0) is 0 Å². The van der Waals surface area contributed by atoms with Crippen molar-refractivity contribution in [3.63, 3.8) is 0 Å².